The fourth-order valence-corrected chi connectivity index (χ4v) is 3.33. The van der Waals surface area contributed by atoms with Gasteiger partial charge in [0.2, 0.25) is 0 Å². The molecule has 1 atom stereocenters. The van der Waals surface area contributed by atoms with Crippen LogP contribution in [0.15, 0.2) is 43.0 Å². The molecule has 4 rings (SSSR count). The van der Waals surface area contributed by atoms with E-state index in [1.807, 2.05) is 39.9 Å². The topological polar surface area (TPSA) is 59.4 Å². The van der Waals surface area contributed by atoms with E-state index in [9.17, 15) is 4.79 Å². The van der Waals surface area contributed by atoms with Gasteiger partial charge in [0.1, 0.15) is 0 Å². The summed E-state index contributed by atoms with van der Waals surface area (Å²) in [6.07, 6.45) is 7.85. The van der Waals surface area contributed by atoms with Crippen molar-refractivity contribution < 1.29 is 9.53 Å². The van der Waals surface area contributed by atoms with Crippen LogP contribution in [0.5, 0.6) is 0 Å². The van der Waals surface area contributed by atoms with Gasteiger partial charge in [0.15, 0.2) is 0 Å². The van der Waals surface area contributed by atoms with Gasteiger partial charge in [0.05, 0.1) is 31.3 Å². The van der Waals surface area contributed by atoms with Gasteiger partial charge in [-0.2, -0.15) is 0 Å². The van der Waals surface area contributed by atoms with E-state index >= 15 is 0 Å². The first-order valence-electron chi connectivity index (χ1n) is 8.51. The maximum absolute atomic E-state index is 12.7. The fraction of sp³-hybridized carbons (Fsp3) is 0.444. The summed E-state index contributed by atoms with van der Waals surface area (Å²) in [5, 5.41) is 3.08. The SMILES string of the molecule is O=C(NCc1ccccc1-n1ccnc1)N1CCOCC1C1CC1. The summed E-state index contributed by atoms with van der Waals surface area (Å²) in [7, 11) is 0. The average molecular weight is 326 g/mol. The number of nitrogens with zero attached hydrogens (tertiary/aromatic N) is 3. The van der Waals surface area contributed by atoms with Crippen molar-refractivity contribution in [3.05, 3.63) is 48.5 Å². The Kier molecular flexibility index (Phi) is 4.21. The molecule has 0 spiro atoms. The Balaban J connectivity index is 1.44. The van der Waals surface area contributed by atoms with E-state index in [1.54, 1.807) is 12.5 Å². The Hall–Kier alpha value is -2.34. The third kappa shape index (κ3) is 3.14. The van der Waals surface area contributed by atoms with Crippen molar-refractivity contribution in [2.75, 3.05) is 19.8 Å². The highest BCUT2D eigenvalue weighted by molar-refractivity contribution is 5.75. The molecule has 2 aliphatic rings. The molecule has 6 heteroatoms. The second-order valence-electron chi connectivity index (χ2n) is 6.43. The van der Waals surface area contributed by atoms with E-state index < -0.39 is 0 Å². The predicted molar refractivity (Wildman–Crippen MR) is 89.8 cm³/mol. The van der Waals surface area contributed by atoms with Crippen LogP contribution in [0.2, 0.25) is 0 Å². The van der Waals surface area contributed by atoms with Gasteiger partial charge in [-0.1, -0.05) is 18.2 Å². The van der Waals surface area contributed by atoms with Crippen molar-refractivity contribution >= 4 is 6.03 Å². The van der Waals surface area contributed by atoms with Gasteiger partial charge in [-0.25, -0.2) is 9.78 Å². The summed E-state index contributed by atoms with van der Waals surface area (Å²) in [5.74, 6) is 0.620. The molecule has 1 saturated heterocycles. The predicted octanol–water partition coefficient (Wildman–Crippen LogP) is 2.19. The summed E-state index contributed by atoms with van der Waals surface area (Å²) < 4.78 is 7.52. The van der Waals surface area contributed by atoms with Crippen LogP contribution in [-0.4, -0.2) is 46.3 Å². The summed E-state index contributed by atoms with van der Waals surface area (Å²) >= 11 is 0. The minimum Gasteiger partial charge on any atom is -0.377 e. The lowest BCUT2D eigenvalue weighted by molar-refractivity contribution is 0.00463. The minimum atomic E-state index is 0.00985. The number of benzene rings is 1. The second-order valence-corrected chi connectivity index (χ2v) is 6.43. The lowest BCUT2D eigenvalue weighted by Crippen LogP contribution is -2.53. The highest BCUT2D eigenvalue weighted by atomic mass is 16.5. The van der Waals surface area contributed by atoms with Crippen LogP contribution >= 0.6 is 0 Å². The first-order chi connectivity index (χ1) is 11.8. The molecular weight excluding hydrogens is 304 g/mol. The van der Waals surface area contributed by atoms with E-state index in [0.717, 1.165) is 11.3 Å². The first-order valence-corrected chi connectivity index (χ1v) is 8.51. The molecule has 1 unspecified atom stereocenters. The van der Waals surface area contributed by atoms with Crippen LogP contribution < -0.4 is 5.32 Å². The number of aromatic nitrogens is 2. The van der Waals surface area contributed by atoms with Gasteiger partial charge >= 0.3 is 6.03 Å². The number of urea groups is 1. The molecule has 1 aromatic heterocycles. The van der Waals surface area contributed by atoms with Crippen LogP contribution in [0.25, 0.3) is 5.69 Å². The average Bonchev–Trinajstić information content (AvgIpc) is 3.34. The summed E-state index contributed by atoms with van der Waals surface area (Å²) in [5.41, 5.74) is 2.11. The minimum absolute atomic E-state index is 0.00985. The van der Waals surface area contributed by atoms with Gasteiger partial charge in [-0.15, -0.1) is 0 Å². The zero-order valence-electron chi connectivity index (χ0n) is 13.6. The number of rotatable bonds is 4. The Morgan fingerprint density at radius 1 is 1.33 bits per heavy atom. The first kappa shape index (κ1) is 15.2. The Morgan fingerprint density at radius 3 is 3.00 bits per heavy atom. The molecule has 1 aliphatic carbocycles. The smallest absolute Gasteiger partial charge is 0.318 e. The molecule has 1 aromatic carbocycles. The molecule has 1 N–H and O–H groups in total. The van der Waals surface area contributed by atoms with Crippen molar-refractivity contribution in [1.82, 2.24) is 19.8 Å². The molecule has 6 nitrogen and oxygen atoms in total. The van der Waals surface area contributed by atoms with Crippen LogP contribution in [0, 0.1) is 5.92 Å². The standard InChI is InChI=1S/C18H22N4O2/c23-18(22-9-10-24-12-17(22)14-5-6-14)20-11-15-3-1-2-4-16(15)21-8-7-19-13-21/h1-4,7-8,13-14,17H,5-6,9-12H2,(H,20,23). The lowest BCUT2D eigenvalue weighted by atomic mass is 10.1. The van der Waals surface area contributed by atoms with Crippen LogP contribution in [0.1, 0.15) is 18.4 Å². The highest BCUT2D eigenvalue weighted by Gasteiger charge is 2.39. The normalized spacial score (nSPS) is 20.8. The number of hydrogen-bond acceptors (Lipinski definition) is 3. The monoisotopic (exact) mass is 326 g/mol. The molecule has 2 aromatic rings. The summed E-state index contributed by atoms with van der Waals surface area (Å²) in [4.78, 5) is 18.7. The molecule has 126 valence electrons. The number of morpholine rings is 1. The van der Waals surface area contributed by atoms with Gasteiger partial charge in [0, 0.05) is 25.5 Å². The van der Waals surface area contributed by atoms with E-state index in [-0.39, 0.29) is 12.1 Å². The number of nitrogens with one attached hydrogen (secondary N) is 1. The largest absolute Gasteiger partial charge is 0.377 e. The second kappa shape index (κ2) is 6.65. The zero-order chi connectivity index (χ0) is 16.4. The Labute approximate surface area is 141 Å². The van der Waals surface area contributed by atoms with Gasteiger partial charge in [0.25, 0.3) is 0 Å². The maximum atomic E-state index is 12.7. The van der Waals surface area contributed by atoms with Crippen LogP contribution in [0.4, 0.5) is 4.79 Å². The number of ether oxygens (including phenoxy) is 1. The molecule has 2 heterocycles. The molecule has 1 aliphatic heterocycles. The van der Waals surface area contributed by atoms with Crippen LogP contribution in [0.3, 0.4) is 0 Å². The van der Waals surface area contributed by atoms with Crippen molar-refractivity contribution in [1.29, 1.82) is 0 Å². The molecule has 24 heavy (non-hydrogen) atoms. The fourth-order valence-electron chi connectivity index (χ4n) is 3.33. The molecule has 2 fully saturated rings. The van der Waals surface area contributed by atoms with E-state index in [0.29, 0.717) is 32.2 Å². The number of imidazole rings is 1. The number of hydrogen-bond donors (Lipinski definition) is 1. The maximum Gasteiger partial charge on any atom is 0.318 e. The number of carbonyl (C=O) groups excluding carboxylic acids is 1. The third-order valence-corrected chi connectivity index (χ3v) is 4.80. The summed E-state index contributed by atoms with van der Waals surface area (Å²) in [6.45, 7) is 2.48. The third-order valence-electron chi connectivity index (χ3n) is 4.80. The van der Waals surface area contributed by atoms with E-state index in [1.165, 1.54) is 12.8 Å². The lowest BCUT2D eigenvalue weighted by Gasteiger charge is -2.35. The van der Waals surface area contributed by atoms with Crippen molar-refractivity contribution in [2.45, 2.75) is 25.4 Å². The van der Waals surface area contributed by atoms with E-state index in [2.05, 4.69) is 10.3 Å². The summed E-state index contributed by atoms with van der Waals surface area (Å²) in [6, 6.07) is 8.30. The van der Waals surface area contributed by atoms with E-state index in [4.69, 9.17) is 4.74 Å². The quantitative estimate of drug-likeness (QED) is 0.937. The van der Waals surface area contributed by atoms with Gasteiger partial charge in [-0.3, -0.25) is 0 Å². The number of para-hydroxylation sites is 1. The Bertz CT molecular complexity index is 697. The molecule has 1 saturated carbocycles. The van der Waals surface area contributed by atoms with Crippen molar-refractivity contribution in [2.24, 2.45) is 5.92 Å². The zero-order valence-corrected chi connectivity index (χ0v) is 13.6. The van der Waals surface area contributed by atoms with Gasteiger partial charge in [-0.05, 0) is 30.4 Å². The molecule has 0 bridgehead atoms. The van der Waals surface area contributed by atoms with Gasteiger partial charge < -0.3 is 19.5 Å². The Morgan fingerprint density at radius 2 is 2.21 bits per heavy atom. The van der Waals surface area contributed by atoms with Crippen LogP contribution in [-0.2, 0) is 11.3 Å². The molecule has 2 amide bonds. The number of amides is 2. The molecule has 0 radical (unpaired) electrons. The van der Waals surface area contributed by atoms with Crippen molar-refractivity contribution in [3.8, 4) is 5.69 Å². The highest BCUT2D eigenvalue weighted by Crippen LogP contribution is 2.36. The molecular formula is C18H22N4O2. The number of carbonyl (C=O) groups is 1. The van der Waals surface area contributed by atoms with Crippen molar-refractivity contribution in [3.63, 3.8) is 0 Å².